The molecule has 1 atom stereocenters. The van der Waals surface area contributed by atoms with Crippen LogP contribution in [0.4, 0.5) is 5.69 Å². The van der Waals surface area contributed by atoms with Crippen LogP contribution in [0.2, 0.25) is 0 Å². The van der Waals surface area contributed by atoms with Gasteiger partial charge in [-0.3, -0.25) is 14.3 Å². The highest BCUT2D eigenvalue weighted by Crippen LogP contribution is 2.35. The molecule has 2 aliphatic rings. The van der Waals surface area contributed by atoms with E-state index in [1.54, 1.807) is 29.3 Å². The molecule has 164 valence electrons. The van der Waals surface area contributed by atoms with Gasteiger partial charge in [0.1, 0.15) is 4.83 Å². The summed E-state index contributed by atoms with van der Waals surface area (Å²) >= 11 is 1.73. The SMILES string of the molecule is COCCCn1cnc2sc3c(c2c1=O)CCC(N1CCN(c2ccccc2)CC1)C3. The van der Waals surface area contributed by atoms with Crippen LogP contribution in [0.1, 0.15) is 23.3 Å². The van der Waals surface area contributed by atoms with Crippen LogP contribution in [0.5, 0.6) is 0 Å². The van der Waals surface area contributed by atoms with Crippen molar-refractivity contribution < 1.29 is 4.74 Å². The number of methoxy groups -OCH3 is 1. The fraction of sp³-hybridized carbons (Fsp3) is 0.500. The molecule has 1 aliphatic heterocycles. The minimum absolute atomic E-state index is 0.119. The first-order valence-corrected chi connectivity index (χ1v) is 12.1. The van der Waals surface area contributed by atoms with Gasteiger partial charge >= 0.3 is 0 Å². The quantitative estimate of drug-likeness (QED) is 0.554. The minimum Gasteiger partial charge on any atom is -0.385 e. The molecule has 3 aromatic rings. The number of ether oxygens (including phenoxy) is 1. The molecule has 31 heavy (non-hydrogen) atoms. The highest BCUT2D eigenvalue weighted by Gasteiger charge is 2.30. The number of benzene rings is 1. The van der Waals surface area contributed by atoms with Gasteiger partial charge in [-0.15, -0.1) is 11.3 Å². The molecule has 0 saturated carbocycles. The highest BCUT2D eigenvalue weighted by molar-refractivity contribution is 7.18. The number of aryl methyl sites for hydroxylation is 2. The first kappa shape index (κ1) is 20.7. The van der Waals surface area contributed by atoms with E-state index in [9.17, 15) is 4.79 Å². The molecule has 0 spiro atoms. The van der Waals surface area contributed by atoms with E-state index in [0.717, 1.165) is 62.1 Å². The number of fused-ring (bicyclic) bond motifs is 3. The van der Waals surface area contributed by atoms with Gasteiger partial charge in [0.05, 0.1) is 11.7 Å². The molecule has 7 heteroatoms. The molecular weight excluding hydrogens is 408 g/mol. The van der Waals surface area contributed by atoms with Gasteiger partial charge in [-0.2, -0.15) is 0 Å². The van der Waals surface area contributed by atoms with E-state index in [1.165, 1.54) is 16.1 Å². The molecule has 0 amide bonds. The zero-order valence-corrected chi connectivity index (χ0v) is 18.9. The molecule has 0 radical (unpaired) electrons. The van der Waals surface area contributed by atoms with E-state index in [4.69, 9.17) is 4.74 Å². The van der Waals surface area contributed by atoms with Crippen molar-refractivity contribution in [1.82, 2.24) is 14.5 Å². The van der Waals surface area contributed by atoms with E-state index in [1.807, 2.05) is 0 Å². The van der Waals surface area contributed by atoms with Crippen LogP contribution < -0.4 is 10.5 Å². The molecule has 0 bridgehead atoms. The van der Waals surface area contributed by atoms with Crippen molar-refractivity contribution in [1.29, 1.82) is 0 Å². The summed E-state index contributed by atoms with van der Waals surface area (Å²) in [6.45, 7) is 5.68. The first-order chi connectivity index (χ1) is 15.2. The van der Waals surface area contributed by atoms with Gasteiger partial charge in [0, 0.05) is 63.0 Å². The summed E-state index contributed by atoms with van der Waals surface area (Å²) < 4.78 is 6.88. The summed E-state index contributed by atoms with van der Waals surface area (Å²) in [5, 5.41) is 0.868. The number of thiophene rings is 1. The lowest BCUT2D eigenvalue weighted by Gasteiger charge is -2.41. The Balaban J connectivity index is 1.29. The van der Waals surface area contributed by atoms with Crippen molar-refractivity contribution in [2.75, 3.05) is 44.8 Å². The second kappa shape index (κ2) is 9.10. The predicted octanol–water partition coefficient (Wildman–Crippen LogP) is 3.17. The lowest BCUT2D eigenvalue weighted by molar-refractivity contribution is 0.171. The second-order valence-electron chi connectivity index (χ2n) is 8.53. The largest absolute Gasteiger partial charge is 0.385 e. The Morgan fingerprint density at radius 1 is 1.16 bits per heavy atom. The third kappa shape index (κ3) is 4.14. The number of hydrogen-bond acceptors (Lipinski definition) is 6. The smallest absolute Gasteiger partial charge is 0.262 e. The molecule has 1 saturated heterocycles. The van der Waals surface area contributed by atoms with Gasteiger partial charge in [0.2, 0.25) is 0 Å². The average molecular weight is 439 g/mol. The zero-order valence-electron chi connectivity index (χ0n) is 18.1. The van der Waals surface area contributed by atoms with E-state index >= 15 is 0 Å². The summed E-state index contributed by atoms with van der Waals surface area (Å²) in [4.78, 5) is 25.1. The van der Waals surface area contributed by atoms with Gasteiger partial charge in [-0.25, -0.2) is 4.98 Å². The fourth-order valence-electron chi connectivity index (χ4n) is 5.02. The Hall–Kier alpha value is -2.22. The van der Waals surface area contributed by atoms with Crippen LogP contribution in [-0.2, 0) is 24.1 Å². The van der Waals surface area contributed by atoms with Crippen molar-refractivity contribution in [3.05, 3.63) is 57.5 Å². The Labute approximate surface area is 187 Å². The van der Waals surface area contributed by atoms with Gasteiger partial charge in [0.25, 0.3) is 5.56 Å². The summed E-state index contributed by atoms with van der Waals surface area (Å²) in [6.07, 6.45) is 5.69. The lowest BCUT2D eigenvalue weighted by Crippen LogP contribution is -2.51. The monoisotopic (exact) mass is 438 g/mol. The predicted molar refractivity (Wildman–Crippen MR) is 126 cm³/mol. The summed E-state index contributed by atoms with van der Waals surface area (Å²) in [7, 11) is 1.69. The van der Waals surface area contributed by atoms with Gasteiger partial charge in [-0.1, -0.05) is 18.2 Å². The highest BCUT2D eigenvalue weighted by atomic mass is 32.1. The number of hydrogen-bond donors (Lipinski definition) is 0. The van der Waals surface area contributed by atoms with Crippen LogP contribution in [0.3, 0.4) is 0 Å². The first-order valence-electron chi connectivity index (χ1n) is 11.3. The topological polar surface area (TPSA) is 50.6 Å². The number of aromatic nitrogens is 2. The summed E-state index contributed by atoms with van der Waals surface area (Å²) in [5.41, 5.74) is 2.71. The van der Waals surface area contributed by atoms with E-state index < -0.39 is 0 Å². The lowest BCUT2D eigenvalue weighted by atomic mass is 9.91. The third-order valence-electron chi connectivity index (χ3n) is 6.71. The maximum Gasteiger partial charge on any atom is 0.262 e. The van der Waals surface area contributed by atoms with Crippen molar-refractivity contribution in [3.8, 4) is 0 Å². The van der Waals surface area contributed by atoms with E-state index in [-0.39, 0.29) is 5.56 Å². The average Bonchev–Trinajstić information content (AvgIpc) is 3.20. The molecule has 0 N–H and O–H groups in total. The summed E-state index contributed by atoms with van der Waals surface area (Å²) in [5.74, 6) is 0. The molecule has 3 heterocycles. The van der Waals surface area contributed by atoms with Crippen molar-refractivity contribution >= 4 is 27.2 Å². The molecule has 1 aromatic carbocycles. The number of rotatable bonds is 6. The van der Waals surface area contributed by atoms with Gasteiger partial charge in [0.15, 0.2) is 0 Å². The van der Waals surface area contributed by atoms with Gasteiger partial charge < -0.3 is 9.64 Å². The summed E-state index contributed by atoms with van der Waals surface area (Å²) in [6, 6.07) is 11.3. The molecule has 1 aliphatic carbocycles. The number of piperazine rings is 1. The van der Waals surface area contributed by atoms with Gasteiger partial charge in [-0.05, 0) is 43.4 Å². The van der Waals surface area contributed by atoms with Crippen LogP contribution >= 0.6 is 11.3 Å². The maximum atomic E-state index is 13.1. The van der Waals surface area contributed by atoms with E-state index in [2.05, 4.69) is 45.1 Å². The Morgan fingerprint density at radius 3 is 2.74 bits per heavy atom. The third-order valence-corrected chi connectivity index (χ3v) is 7.87. The molecule has 6 nitrogen and oxygen atoms in total. The van der Waals surface area contributed by atoms with Crippen molar-refractivity contribution in [3.63, 3.8) is 0 Å². The van der Waals surface area contributed by atoms with E-state index in [0.29, 0.717) is 19.2 Å². The molecule has 2 aromatic heterocycles. The van der Waals surface area contributed by atoms with Crippen LogP contribution in [-0.4, -0.2) is 60.4 Å². The zero-order chi connectivity index (χ0) is 21.2. The Bertz CT molecular complexity index is 1090. The molecule has 5 rings (SSSR count). The van der Waals surface area contributed by atoms with Crippen LogP contribution in [0, 0.1) is 0 Å². The second-order valence-corrected chi connectivity index (χ2v) is 9.61. The normalized spacial score (nSPS) is 19.6. The standard InChI is InChI=1S/C24H30N4O2S/c1-30-15-5-10-28-17-25-23-22(24(28)29)20-9-8-19(16-21(20)31-23)27-13-11-26(12-14-27)18-6-3-2-4-7-18/h2-4,6-7,17,19H,5,8-16H2,1H3. The Morgan fingerprint density at radius 2 is 1.97 bits per heavy atom. The van der Waals surface area contributed by atoms with Crippen molar-refractivity contribution in [2.24, 2.45) is 0 Å². The minimum atomic E-state index is 0.119. The number of anilines is 1. The number of nitrogens with zero attached hydrogens (tertiary/aromatic N) is 4. The van der Waals surface area contributed by atoms with Crippen molar-refractivity contribution in [2.45, 2.75) is 38.3 Å². The fourth-order valence-corrected chi connectivity index (χ4v) is 6.27. The van der Waals surface area contributed by atoms with Crippen LogP contribution in [0.25, 0.3) is 10.2 Å². The maximum absolute atomic E-state index is 13.1. The number of para-hydroxylation sites is 1. The molecule has 1 fully saturated rings. The Kier molecular flexibility index (Phi) is 6.07. The van der Waals surface area contributed by atoms with Crippen LogP contribution in [0.15, 0.2) is 41.5 Å². The molecular formula is C24H30N4O2S. The molecule has 1 unspecified atom stereocenters.